The lowest BCUT2D eigenvalue weighted by Crippen LogP contribution is -2.40. The lowest BCUT2D eigenvalue weighted by molar-refractivity contribution is -0.127. The molecule has 1 aliphatic heterocycles. The van der Waals surface area contributed by atoms with Crippen molar-refractivity contribution in [1.29, 1.82) is 0 Å². The Hall–Kier alpha value is -1.95. The van der Waals surface area contributed by atoms with Crippen molar-refractivity contribution in [2.45, 2.75) is 39.5 Å². The Morgan fingerprint density at radius 1 is 1.35 bits per heavy atom. The predicted molar refractivity (Wildman–Crippen MR) is 71.9 cm³/mol. The predicted octanol–water partition coefficient (Wildman–Crippen LogP) is 1.20. The fourth-order valence-corrected chi connectivity index (χ4v) is 1.84. The highest BCUT2D eigenvalue weighted by molar-refractivity contribution is 5.81. The smallest absolute Gasteiger partial charge is 0.260 e. The van der Waals surface area contributed by atoms with Gasteiger partial charge in [0.25, 0.3) is 5.91 Å². The maximum Gasteiger partial charge on any atom is 0.260 e. The minimum absolute atomic E-state index is 0.0441. The molecule has 0 saturated carbocycles. The molecular formula is C14H19NO5. The van der Waals surface area contributed by atoms with E-state index >= 15 is 0 Å². The highest BCUT2D eigenvalue weighted by Gasteiger charge is 2.21. The van der Waals surface area contributed by atoms with E-state index in [0.717, 1.165) is 0 Å². The normalized spacial score (nSPS) is 14.2. The first-order valence-electron chi connectivity index (χ1n) is 6.51. The molecule has 110 valence electrons. The minimum atomic E-state index is -0.664. The summed E-state index contributed by atoms with van der Waals surface area (Å²) in [4.78, 5) is 11.8. The van der Waals surface area contributed by atoms with Gasteiger partial charge >= 0.3 is 0 Å². The third-order valence-corrected chi connectivity index (χ3v) is 2.83. The van der Waals surface area contributed by atoms with Gasteiger partial charge in [-0.05, 0) is 26.8 Å². The van der Waals surface area contributed by atoms with Gasteiger partial charge in [-0.25, -0.2) is 0 Å². The van der Waals surface area contributed by atoms with Crippen LogP contribution in [0.3, 0.4) is 0 Å². The highest BCUT2D eigenvalue weighted by Crippen LogP contribution is 2.38. The number of nitrogens with one attached hydrogen (secondary N) is 1. The summed E-state index contributed by atoms with van der Waals surface area (Å²) in [6, 6.07) is 3.33. The molecule has 1 amide bonds. The Balaban J connectivity index is 2.14. The summed E-state index contributed by atoms with van der Waals surface area (Å²) in [7, 11) is 0. The molecule has 1 aromatic carbocycles. The zero-order valence-electron chi connectivity index (χ0n) is 11.8. The molecule has 0 bridgehead atoms. The van der Waals surface area contributed by atoms with E-state index < -0.39 is 6.10 Å². The van der Waals surface area contributed by atoms with Crippen LogP contribution in [0, 0.1) is 0 Å². The Labute approximate surface area is 117 Å². The number of carbonyl (C=O) groups is 1. The number of ether oxygens (including phenoxy) is 3. The lowest BCUT2D eigenvalue weighted by Gasteiger charge is -2.18. The third kappa shape index (κ3) is 3.14. The van der Waals surface area contributed by atoms with Crippen LogP contribution in [0.25, 0.3) is 0 Å². The standard InChI is InChI=1S/C14H19NO5/c1-8(2)15-14(17)9(3)20-11-5-13-12(18-7-19-13)4-10(11)6-16/h4-5,8-9,16H,6-7H2,1-3H3,(H,15,17). The summed E-state index contributed by atoms with van der Waals surface area (Å²) in [5.74, 6) is 1.33. The number of fused-ring (bicyclic) bond motifs is 1. The number of amides is 1. The van der Waals surface area contributed by atoms with Crippen LogP contribution in [0.1, 0.15) is 26.3 Å². The van der Waals surface area contributed by atoms with Gasteiger partial charge in [-0.1, -0.05) is 0 Å². The van der Waals surface area contributed by atoms with Crippen LogP contribution in [0.4, 0.5) is 0 Å². The second-order valence-electron chi connectivity index (χ2n) is 4.89. The van der Waals surface area contributed by atoms with Crippen LogP contribution in [0.15, 0.2) is 12.1 Å². The van der Waals surface area contributed by atoms with E-state index in [1.807, 2.05) is 13.8 Å². The molecule has 0 radical (unpaired) electrons. The largest absolute Gasteiger partial charge is 0.480 e. The molecule has 1 aromatic rings. The van der Waals surface area contributed by atoms with E-state index in [2.05, 4.69) is 5.32 Å². The van der Waals surface area contributed by atoms with Crippen LogP contribution in [0.2, 0.25) is 0 Å². The maximum absolute atomic E-state index is 11.8. The van der Waals surface area contributed by atoms with E-state index in [1.54, 1.807) is 19.1 Å². The van der Waals surface area contributed by atoms with Gasteiger partial charge < -0.3 is 24.6 Å². The van der Waals surface area contributed by atoms with E-state index in [9.17, 15) is 9.90 Å². The van der Waals surface area contributed by atoms with Crippen LogP contribution in [-0.2, 0) is 11.4 Å². The number of hydrogen-bond donors (Lipinski definition) is 2. The molecule has 1 aliphatic rings. The van der Waals surface area contributed by atoms with Crippen molar-refractivity contribution < 1.29 is 24.1 Å². The SMILES string of the molecule is CC(C)NC(=O)C(C)Oc1cc2c(cc1CO)OCO2. The lowest BCUT2D eigenvalue weighted by atomic mass is 10.2. The fraction of sp³-hybridized carbons (Fsp3) is 0.500. The second-order valence-corrected chi connectivity index (χ2v) is 4.89. The van der Waals surface area contributed by atoms with Gasteiger partial charge in [0.05, 0.1) is 6.61 Å². The Bertz CT molecular complexity index is 501. The van der Waals surface area contributed by atoms with Crippen LogP contribution < -0.4 is 19.5 Å². The summed E-state index contributed by atoms with van der Waals surface area (Å²) in [6.07, 6.45) is -0.664. The summed E-state index contributed by atoms with van der Waals surface area (Å²) in [5.41, 5.74) is 0.554. The number of rotatable bonds is 5. The summed E-state index contributed by atoms with van der Waals surface area (Å²) in [6.45, 7) is 5.36. The zero-order chi connectivity index (χ0) is 14.7. The van der Waals surface area contributed by atoms with Gasteiger partial charge in [0, 0.05) is 17.7 Å². The van der Waals surface area contributed by atoms with Gasteiger partial charge in [0.15, 0.2) is 17.6 Å². The molecule has 6 nitrogen and oxygen atoms in total. The van der Waals surface area contributed by atoms with Gasteiger partial charge in [0.2, 0.25) is 6.79 Å². The van der Waals surface area contributed by atoms with Crippen LogP contribution in [0.5, 0.6) is 17.2 Å². The van der Waals surface area contributed by atoms with Crippen molar-refractivity contribution in [2.75, 3.05) is 6.79 Å². The van der Waals surface area contributed by atoms with Crippen LogP contribution in [-0.4, -0.2) is 30.0 Å². The topological polar surface area (TPSA) is 77.0 Å². The molecule has 0 spiro atoms. The molecule has 20 heavy (non-hydrogen) atoms. The van der Waals surface area contributed by atoms with Crippen molar-refractivity contribution >= 4 is 5.91 Å². The van der Waals surface area contributed by atoms with Crippen molar-refractivity contribution in [3.63, 3.8) is 0 Å². The molecule has 1 unspecified atom stereocenters. The van der Waals surface area contributed by atoms with Gasteiger partial charge in [-0.15, -0.1) is 0 Å². The van der Waals surface area contributed by atoms with E-state index in [1.165, 1.54) is 0 Å². The quantitative estimate of drug-likeness (QED) is 0.848. The second kappa shape index (κ2) is 6.00. The molecule has 0 aliphatic carbocycles. The van der Waals surface area contributed by atoms with Gasteiger partial charge in [-0.3, -0.25) is 4.79 Å². The molecule has 1 atom stereocenters. The highest BCUT2D eigenvalue weighted by atomic mass is 16.7. The van der Waals surface area contributed by atoms with Crippen LogP contribution >= 0.6 is 0 Å². The minimum Gasteiger partial charge on any atom is -0.480 e. The maximum atomic E-state index is 11.8. The van der Waals surface area contributed by atoms with E-state index in [-0.39, 0.29) is 25.3 Å². The molecule has 6 heteroatoms. The van der Waals surface area contributed by atoms with Crippen molar-refractivity contribution in [2.24, 2.45) is 0 Å². The average molecular weight is 281 g/mol. The summed E-state index contributed by atoms with van der Waals surface area (Å²) in [5, 5.41) is 12.1. The zero-order valence-corrected chi connectivity index (χ0v) is 11.8. The molecular weight excluding hydrogens is 262 g/mol. The number of carbonyl (C=O) groups excluding carboxylic acids is 1. The van der Waals surface area contributed by atoms with Crippen molar-refractivity contribution in [1.82, 2.24) is 5.32 Å². The molecule has 0 aromatic heterocycles. The fourth-order valence-electron chi connectivity index (χ4n) is 1.84. The first-order chi connectivity index (χ1) is 9.51. The number of aliphatic hydroxyl groups is 1. The van der Waals surface area contributed by atoms with Crippen molar-refractivity contribution in [3.05, 3.63) is 17.7 Å². The number of aliphatic hydroxyl groups excluding tert-OH is 1. The Morgan fingerprint density at radius 3 is 2.60 bits per heavy atom. The first kappa shape index (κ1) is 14.5. The summed E-state index contributed by atoms with van der Waals surface area (Å²) >= 11 is 0. The first-order valence-corrected chi connectivity index (χ1v) is 6.51. The number of benzene rings is 1. The average Bonchev–Trinajstić information content (AvgIpc) is 2.83. The molecule has 2 rings (SSSR count). The molecule has 2 N–H and O–H groups in total. The Morgan fingerprint density at radius 2 is 2.00 bits per heavy atom. The number of hydrogen-bond acceptors (Lipinski definition) is 5. The monoisotopic (exact) mass is 281 g/mol. The Kier molecular flexibility index (Phi) is 4.34. The van der Waals surface area contributed by atoms with Gasteiger partial charge in [0.1, 0.15) is 5.75 Å². The summed E-state index contributed by atoms with van der Waals surface area (Å²) < 4.78 is 16.1. The van der Waals surface area contributed by atoms with Gasteiger partial charge in [-0.2, -0.15) is 0 Å². The molecule has 0 saturated heterocycles. The van der Waals surface area contributed by atoms with Crippen molar-refractivity contribution in [3.8, 4) is 17.2 Å². The molecule has 0 fully saturated rings. The van der Waals surface area contributed by atoms with E-state index in [0.29, 0.717) is 22.8 Å². The third-order valence-electron chi connectivity index (χ3n) is 2.83. The van der Waals surface area contributed by atoms with E-state index in [4.69, 9.17) is 14.2 Å². The molecule has 1 heterocycles.